The third-order valence-electron chi connectivity index (χ3n) is 3.08. The number of nitro benzene ring substituents is 1. The minimum atomic E-state index is -0.414. The summed E-state index contributed by atoms with van der Waals surface area (Å²) < 4.78 is 1.86. The summed E-state index contributed by atoms with van der Waals surface area (Å²) in [7, 11) is 0. The molecule has 0 unspecified atom stereocenters. The van der Waals surface area contributed by atoms with Crippen LogP contribution in [0.3, 0.4) is 0 Å². The SMILES string of the molecule is O=[N+]([O-])c1cccc(Cl)c1Cn1ccnc1-c1cccs1. The van der Waals surface area contributed by atoms with Crippen LogP contribution in [0.2, 0.25) is 5.02 Å². The number of thiophene rings is 1. The van der Waals surface area contributed by atoms with Crippen LogP contribution in [0, 0.1) is 10.1 Å². The van der Waals surface area contributed by atoms with Gasteiger partial charge in [0.15, 0.2) is 0 Å². The van der Waals surface area contributed by atoms with Gasteiger partial charge in [-0.3, -0.25) is 10.1 Å². The number of hydrogen-bond donors (Lipinski definition) is 0. The minimum absolute atomic E-state index is 0.0216. The van der Waals surface area contributed by atoms with Crippen molar-refractivity contribution in [3.05, 3.63) is 68.8 Å². The van der Waals surface area contributed by atoms with Gasteiger partial charge in [0.1, 0.15) is 5.82 Å². The van der Waals surface area contributed by atoms with E-state index in [0.717, 1.165) is 10.7 Å². The Morgan fingerprint density at radius 2 is 2.19 bits per heavy atom. The van der Waals surface area contributed by atoms with Crippen molar-refractivity contribution in [2.45, 2.75) is 6.54 Å². The van der Waals surface area contributed by atoms with Gasteiger partial charge < -0.3 is 4.57 Å². The van der Waals surface area contributed by atoms with E-state index in [-0.39, 0.29) is 5.69 Å². The predicted molar refractivity (Wildman–Crippen MR) is 82.7 cm³/mol. The summed E-state index contributed by atoms with van der Waals surface area (Å²) in [5.74, 6) is 0.777. The Kier molecular flexibility index (Phi) is 3.72. The fourth-order valence-electron chi connectivity index (χ4n) is 2.11. The van der Waals surface area contributed by atoms with Crippen LogP contribution >= 0.6 is 22.9 Å². The van der Waals surface area contributed by atoms with E-state index < -0.39 is 4.92 Å². The van der Waals surface area contributed by atoms with E-state index >= 15 is 0 Å². The van der Waals surface area contributed by atoms with Gasteiger partial charge in [-0.25, -0.2) is 4.98 Å². The van der Waals surface area contributed by atoms with Crippen molar-refractivity contribution in [1.29, 1.82) is 0 Å². The normalized spacial score (nSPS) is 10.7. The molecule has 0 spiro atoms. The maximum absolute atomic E-state index is 11.1. The van der Waals surface area contributed by atoms with E-state index in [4.69, 9.17) is 11.6 Å². The van der Waals surface area contributed by atoms with Gasteiger partial charge in [-0.2, -0.15) is 0 Å². The van der Waals surface area contributed by atoms with Gasteiger partial charge in [0.2, 0.25) is 0 Å². The van der Waals surface area contributed by atoms with Crippen LogP contribution in [0.4, 0.5) is 5.69 Å². The molecule has 0 N–H and O–H groups in total. The van der Waals surface area contributed by atoms with E-state index in [2.05, 4.69) is 4.98 Å². The summed E-state index contributed by atoms with van der Waals surface area (Å²) in [6, 6.07) is 8.61. The Balaban J connectivity index is 2.03. The molecule has 3 rings (SSSR count). The van der Waals surface area contributed by atoms with E-state index in [1.807, 2.05) is 22.1 Å². The lowest BCUT2D eigenvalue weighted by Crippen LogP contribution is -2.04. The summed E-state index contributed by atoms with van der Waals surface area (Å²) in [6.45, 7) is 0.309. The van der Waals surface area contributed by atoms with Gasteiger partial charge in [0.25, 0.3) is 5.69 Å². The second-order valence-electron chi connectivity index (χ2n) is 4.35. The molecule has 0 radical (unpaired) electrons. The smallest absolute Gasteiger partial charge is 0.275 e. The highest BCUT2D eigenvalue weighted by atomic mass is 35.5. The molecule has 21 heavy (non-hydrogen) atoms. The average Bonchev–Trinajstić information content (AvgIpc) is 3.11. The molecule has 5 nitrogen and oxygen atoms in total. The van der Waals surface area contributed by atoms with Crippen molar-refractivity contribution >= 4 is 28.6 Å². The Hall–Kier alpha value is -2.18. The van der Waals surface area contributed by atoms with Gasteiger partial charge in [-0.15, -0.1) is 11.3 Å². The Bertz CT molecular complexity index is 783. The predicted octanol–water partition coefficient (Wildman–Crippen LogP) is 4.22. The molecule has 0 aliphatic heterocycles. The number of hydrogen-bond acceptors (Lipinski definition) is 4. The zero-order valence-electron chi connectivity index (χ0n) is 10.8. The van der Waals surface area contributed by atoms with Crippen molar-refractivity contribution in [3.8, 4) is 10.7 Å². The molecule has 0 saturated heterocycles. The first-order valence-corrected chi connectivity index (χ1v) is 7.39. The molecule has 2 aromatic heterocycles. The van der Waals surface area contributed by atoms with E-state index in [0.29, 0.717) is 17.1 Å². The number of rotatable bonds is 4. The van der Waals surface area contributed by atoms with E-state index in [9.17, 15) is 10.1 Å². The lowest BCUT2D eigenvalue weighted by molar-refractivity contribution is -0.385. The van der Waals surface area contributed by atoms with Gasteiger partial charge >= 0.3 is 0 Å². The second-order valence-corrected chi connectivity index (χ2v) is 5.71. The first-order chi connectivity index (χ1) is 10.2. The number of halogens is 1. The quantitative estimate of drug-likeness (QED) is 0.534. The first kappa shape index (κ1) is 13.8. The lowest BCUT2D eigenvalue weighted by Gasteiger charge is -2.09. The Morgan fingerprint density at radius 3 is 2.90 bits per heavy atom. The Labute approximate surface area is 129 Å². The topological polar surface area (TPSA) is 61.0 Å². The molecule has 3 aromatic rings. The number of nitro groups is 1. The molecule has 106 valence electrons. The van der Waals surface area contributed by atoms with E-state index in [1.54, 1.807) is 35.9 Å². The summed E-state index contributed by atoms with van der Waals surface area (Å²) in [4.78, 5) is 16.1. The summed E-state index contributed by atoms with van der Waals surface area (Å²) in [5, 5.41) is 13.5. The second kappa shape index (κ2) is 5.67. The van der Waals surface area contributed by atoms with Gasteiger partial charge in [0, 0.05) is 18.5 Å². The molecular formula is C14H10ClN3O2S. The molecule has 0 fully saturated rings. The first-order valence-electron chi connectivity index (χ1n) is 6.13. The van der Waals surface area contributed by atoms with Crippen molar-refractivity contribution in [3.63, 3.8) is 0 Å². The Morgan fingerprint density at radius 1 is 1.33 bits per heavy atom. The third kappa shape index (κ3) is 2.68. The fraction of sp³-hybridized carbons (Fsp3) is 0.0714. The highest BCUT2D eigenvalue weighted by Crippen LogP contribution is 2.29. The number of imidazole rings is 1. The molecule has 2 heterocycles. The van der Waals surface area contributed by atoms with Gasteiger partial charge in [0.05, 0.1) is 26.9 Å². The van der Waals surface area contributed by atoms with Crippen LogP contribution in [0.5, 0.6) is 0 Å². The van der Waals surface area contributed by atoms with Crippen LogP contribution in [0.25, 0.3) is 10.7 Å². The maximum atomic E-state index is 11.1. The fourth-order valence-corrected chi connectivity index (χ4v) is 3.08. The highest BCUT2D eigenvalue weighted by molar-refractivity contribution is 7.13. The zero-order chi connectivity index (χ0) is 14.8. The van der Waals surface area contributed by atoms with Crippen LogP contribution in [0.15, 0.2) is 48.1 Å². The van der Waals surface area contributed by atoms with Crippen LogP contribution < -0.4 is 0 Å². The van der Waals surface area contributed by atoms with Gasteiger partial charge in [-0.05, 0) is 17.5 Å². The van der Waals surface area contributed by atoms with Crippen LogP contribution in [-0.4, -0.2) is 14.5 Å². The zero-order valence-corrected chi connectivity index (χ0v) is 12.3. The maximum Gasteiger partial charge on any atom is 0.275 e. The van der Waals surface area contributed by atoms with Crippen LogP contribution in [-0.2, 0) is 6.54 Å². The molecule has 1 aromatic carbocycles. The molecule has 0 aliphatic rings. The van der Waals surface area contributed by atoms with Crippen LogP contribution in [0.1, 0.15) is 5.56 Å². The highest BCUT2D eigenvalue weighted by Gasteiger charge is 2.18. The van der Waals surface area contributed by atoms with Crippen molar-refractivity contribution in [2.75, 3.05) is 0 Å². The molecule has 7 heteroatoms. The lowest BCUT2D eigenvalue weighted by atomic mass is 10.1. The average molecular weight is 320 g/mol. The van der Waals surface area contributed by atoms with Crippen molar-refractivity contribution in [1.82, 2.24) is 9.55 Å². The molecule has 0 aliphatic carbocycles. The summed E-state index contributed by atoms with van der Waals surface area (Å²) in [5.41, 5.74) is 0.508. The molecular weight excluding hydrogens is 310 g/mol. The molecule has 0 atom stereocenters. The van der Waals surface area contributed by atoms with Gasteiger partial charge in [-0.1, -0.05) is 23.7 Å². The van der Waals surface area contributed by atoms with Crippen molar-refractivity contribution < 1.29 is 4.92 Å². The number of benzene rings is 1. The molecule has 0 amide bonds. The summed E-state index contributed by atoms with van der Waals surface area (Å²) >= 11 is 7.70. The minimum Gasteiger partial charge on any atom is -0.326 e. The summed E-state index contributed by atoms with van der Waals surface area (Å²) in [6.07, 6.45) is 3.47. The van der Waals surface area contributed by atoms with E-state index in [1.165, 1.54) is 6.07 Å². The van der Waals surface area contributed by atoms with Crippen molar-refractivity contribution in [2.24, 2.45) is 0 Å². The third-order valence-corrected chi connectivity index (χ3v) is 4.30. The molecule has 0 saturated carbocycles. The standard InChI is InChI=1S/C14H10ClN3O2S/c15-11-3-1-4-12(18(19)20)10(11)9-17-7-6-16-14(17)13-5-2-8-21-13/h1-8H,9H2. The largest absolute Gasteiger partial charge is 0.326 e. The number of aromatic nitrogens is 2. The monoisotopic (exact) mass is 319 g/mol. The number of nitrogens with zero attached hydrogens (tertiary/aromatic N) is 3. The molecule has 0 bridgehead atoms.